The number of nitrogens with zero attached hydrogens (tertiary/aromatic N) is 1. The highest BCUT2D eigenvalue weighted by atomic mass is 19.1. The molecule has 0 radical (unpaired) electrons. The zero-order chi connectivity index (χ0) is 19.5. The van der Waals surface area contributed by atoms with Crippen molar-refractivity contribution in [2.45, 2.75) is 25.5 Å². The van der Waals surface area contributed by atoms with Crippen LogP contribution < -0.4 is 5.43 Å². The number of ether oxygens (including phenoxy) is 1. The second-order valence-electron chi connectivity index (χ2n) is 7.33. The Labute approximate surface area is 163 Å². The summed E-state index contributed by atoms with van der Waals surface area (Å²) in [6, 6.07) is 14.2. The lowest BCUT2D eigenvalue weighted by Crippen LogP contribution is -2.53. The quantitative estimate of drug-likeness (QED) is 0.705. The van der Waals surface area contributed by atoms with Gasteiger partial charge < -0.3 is 9.72 Å². The summed E-state index contributed by atoms with van der Waals surface area (Å²) in [5, 5.41) is 2.89. The lowest BCUT2D eigenvalue weighted by Gasteiger charge is -2.38. The van der Waals surface area contributed by atoms with Gasteiger partial charge in [0.25, 0.3) is 5.91 Å². The Morgan fingerprint density at radius 3 is 2.86 bits per heavy atom. The van der Waals surface area contributed by atoms with E-state index in [2.05, 4.69) is 10.4 Å². The molecule has 0 bridgehead atoms. The number of hydrogen-bond donors (Lipinski definition) is 2. The second-order valence-corrected chi connectivity index (χ2v) is 7.33. The van der Waals surface area contributed by atoms with E-state index in [-0.39, 0.29) is 18.0 Å². The van der Waals surface area contributed by atoms with Crippen molar-refractivity contribution in [1.82, 2.24) is 15.4 Å². The molecule has 6 heteroatoms. The van der Waals surface area contributed by atoms with E-state index < -0.39 is 0 Å². The van der Waals surface area contributed by atoms with Crippen LogP contribution in [-0.2, 0) is 11.2 Å². The molecule has 1 fully saturated rings. The molecule has 0 spiro atoms. The fourth-order valence-corrected chi connectivity index (χ4v) is 3.88. The molecule has 1 aromatic heterocycles. The number of piperidine rings is 1. The van der Waals surface area contributed by atoms with E-state index in [1.165, 1.54) is 12.1 Å². The maximum atomic E-state index is 13.1. The average Bonchev–Trinajstić information content (AvgIpc) is 3.18. The van der Waals surface area contributed by atoms with Gasteiger partial charge in [-0.1, -0.05) is 12.1 Å². The number of amides is 1. The first-order valence-electron chi connectivity index (χ1n) is 9.54. The lowest BCUT2D eigenvalue weighted by atomic mass is 9.90. The SMILES string of the molecule is COC1CC(Cc2ccc(F)cc2)CCN1NC(=O)c1ccc2[nH]ccc2c1. The highest BCUT2D eigenvalue weighted by Gasteiger charge is 2.30. The molecule has 1 amide bonds. The number of hydrazine groups is 1. The number of rotatable bonds is 5. The number of benzene rings is 2. The predicted molar refractivity (Wildman–Crippen MR) is 106 cm³/mol. The number of aromatic nitrogens is 1. The highest BCUT2D eigenvalue weighted by Crippen LogP contribution is 2.26. The molecule has 4 rings (SSSR count). The first-order valence-corrected chi connectivity index (χ1v) is 9.54. The fourth-order valence-electron chi connectivity index (χ4n) is 3.88. The smallest absolute Gasteiger partial charge is 0.265 e. The number of halogens is 1. The van der Waals surface area contributed by atoms with Crippen LogP contribution in [0, 0.1) is 11.7 Å². The van der Waals surface area contributed by atoms with Crippen LogP contribution in [-0.4, -0.2) is 35.8 Å². The molecule has 2 atom stereocenters. The van der Waals surface area contributed by atoms with Crippen molar-refractivity contribution in [3.8, 4) is 0 Å². The van der Waals surface area contributed by atoms with Crippen molar-refractivity contribution >= 4 is 16.8 Å². The van der Waals surface area contributed by atoms with Crippen molar-refractivity contribution in [2.24, 2.45) is 5.92 Å². The minimum Gasteiger partial charge on any atom is -0.365 e. The third-order valence-electron chi connectivity index (χ3n) is 5.43. The van der Waals surface area contributed by atoms with Crippen molar-refractivity contribution in [1.29, 1.82) is 0 Å². The van der Waals surface area contributed by atoms with Gasteiger partial charge in [-0.3, -0.25) is 10.2 Å². The molecular weight excluding hydrogens is 357 g/mol. The van der Waals surface area contributed by atoms with Gasteiger partial charge in [-0.2, -0.15) is 5.01 Å². The van der Waals surface area contributed by atoms with Crippen LogP contribution in [0.15, 0.2) is 54.7 Å². The average molecular weight is 381 g/mol. The number of carbonyl (C=O) groups excluding carboxylic acids is 1. The zero-order valence-corrected chi connectivity index (χ0v) is 15.8. The Balaban J connectivity index is 1.38. The van der Waals surface area contributed by atoms with Gasteiger partial charge in [0, 0.05) is 36.3 Å². The van der Waals surface area contributed by atoms with E-state index >= 15 is 0 Å². The molecule has 1 aliphatic rings. The largest absolute Gasteiger partial charge is 0.365 e. The summed E-state index contributed by atoms with van der Waals surface area (Å²) in [7, 11) is 1.66. The molecule has 2 heterocycles. The number of aromatic amines is 1. The topological polar surface area (TPSA) is 57.4 Å². The summed E-state index contributed by atoms with van der Waals surface area (Å²) in [6.07, 6.45) is 4.31. The van der Waals surface area contributed by atoms with Crippen molar-refractivity contribution < 1.29 is 13.9 Å². The van der Waals surface area contributed by atoms with Gasteiger partial charge in [-0.15, -0.1) is 0 Å². The van der Waals surface area contributed by atoms with E-state index in [4.69, 9.17) is 4.74 Å². The third-order valence-corrected chi connectivity index (χ3v) is 5.43. The van der Waals surface area contributed by atoms with Gasteiger partial charge in [0.05, 0.1) is 0 Å². The molecule has 2 aromatic carbocycles. The minimum atomic E-state index is -0.214. The first kappa shape index (κ1) is 18.7. The Bertz CT molecular complexity index is 954. The molecule has 2 N–H and O–H groups in total. The Kier molecular flexibility index (Phi) is 5.41. The van der Waals surface area contributed by atoms with E-state index in [0.717, 1.165) is 35.7 Å². The van der Waals surface area contributed by atoms with Crippen LogP contribution in [0.1, 0.15) is 28.8 Å². The molecule has 146 valence electrons. The predicted octanol–water partition coefficient (Wildman–Crippen LogP) is 3.88. The summed E-state index contributed by atoms with van der Waals surface area (Å²) < 4.78 is 18.7. The number of fused-ring (bicyclic) bond motifs is 1. The Morgan fingerprint density at radius 1 is 1.25 bits per heavy atom. The van der Waals surface area contributed by atoms with E-state index in [0.29, 0.717) is 18.0 Å². The van der Waals surface area contributed by atoms with Crippen LogP contribution in [0.5, 0.6) is 0 Å². The van der Waals surface area contributed by atoms with Crippen LogP contribution in [0.25, 0.3) is 10.9 Å². The molecular formula is C22H24FN3O2. The second kappa shape index (κ2) is 8.12. The van der Waals surface area contributed by atoms with Crippen molar-refractivity contribution in [3.63, 3.8) is 0 Å². The van der Waals surface area contributed by atoms with Crippen LogP contribution in [0.3, 0.4) is 0 Å². The highest BCUT2D eigenvalue weighted by molar-refractivity contribution is 5.97. The summed E-state index contributed by atoms with van der Waals surface area (Å²) in [5.74, 6) is 0.0794. The number of nitrogens with one attached hydrogen (secondary N) is 2. The number of hydrogen-bond acceptors (Lipinski definition) is 3. The normalized spacial score (nSPS) is 20.4. The van der Waals surface area contributed by atoms with E-state index in [1.807, 2.05) is 47.6 Å². The van der Waals surface area contributed by atoms with Crippen molar-refractivity contribution in [2.75, 3.05) is 13.7 Å². The number of methoxy groups -OCH3 is 1. The van der Waals surface area contributed by atoms with Gasteiger partial charge in [0.15, 0.2) is 0 Å². The van der Waals surface area contributed by atoms with Crippen LogP contribution >= 0.6 is 0 Å². The summed E-state index contributed by atoms with van der Waals surface area (Å²) in [6.45, 7) is 0.711. The molecule has 1 aliphatic heterocycles. The summed E-state index contributed by atoms with van der Waals surface area (Å²) >= 11 is 0. The van der Waals surface area contributed by atoms with Gasteiger partial charge in [0.2, 0.25) is 0 Å². The van der Waals surface area contributed by atoms with Gasteiger partial charge in [-0.25, -0.2) is 4.39 Å². The number of carbonyl (C=O) groups is 1. The molecule has 28 heavy (non-hydrogen) atoms. The number of H-pyrrole nitrogens is 1. The maximum Gasteiger partial charge on any atom is 0.265 e. The zero-order valence-electron chi connectivity index (χ0n) is 15.8. The molecule has 2 unspecified atom stereocenters. The fraction of sp³-hybridized carbons (Fsp3) is 0.318. The Hall–Kier alpha value is -2.70. The summed E-state index contributed by atoms with van der Waals surface area (Å²) in [4.78, 5) is 15.8. The molecule has 5 nitrogen and oxygen atoms in total. The van der Waals surface area contributed by atoms with Gasteiger partial charge in [0.1, 0.15) is 12.0 Å². The maximum absolute atomic E-state index is 13.1. The lowest BCUT2D eigenvalue weighted by molar-refractivity contribution is -0.0908. The van der Waals surface area contributed by atoms with Crippen molar-refractivity contribution in [3.05, 3.63) is 71.7 Å². The minimum absolute atomic E-state index is 0.137. The molecule has 0 aliphatic carbocycles. The van der Waals surface area contributed by atoms with Gasteiger partial charge in [-0.05, 0) is 67.1 Å². The monoisotopic (exact) mass is 381 g/mol. The third kappa shape index (κ3) is 4.08. The van der Waals surface area contributed by atoms with E-state index in [1.54, 1.807) is 7.11 Å². The standard InChI is InChI=1S/C22H24FN3O2/c1-28-21-13-16(12-15-2-5-19(23)6-3-15)9-11-26(21)25-22(27)18-4-7-20-17(14-18)8-10-24-20/h2-8,10,14,16,21,24H,9,11-13H2,1H3,(H,25,27). The molecule has 0 saturated carbocycles. The van der Waals surface area contributed by atoms with Crippen LogP contribution in [0.4, 0.5) is 4.39 Å². The van der Waals surface area contributed by atoms with Gasteiger partial charge >= 0.3 is 0 Å². The van der Waals surface area contributed by atoms with Crippen LogP contribution in [0.2, 0.25) is 0 Å². The first-order chi connectivity index (χ1) is 13.6. The molecule has 3 aromatic rings. The Morgan fingerprint density at radius 2 is 2.07 bits per heavy atom. The van der Waals surface area contributed by atoms with E-state index in [9.17, 15) is 9.18 Å². The molecule has 1 saturated heterocycles. The summed E-state index contributed by atoms with van der Waals surface area (Å²) in [5.41, 5.74) is 5.75.